The Morgan fingerprint density at radius 3 is 2.29 bits per heavy atom. The minimum Gasteiger partial charge on any atom is -0.383 e. The summed E-state index contributed by atoms with van der Waals surface area (Å²) in [4.78, 5) is 11.1. The van der Waals surface area contributed by atoms with Crippen LogP contribution in [0.2, 0.25) is 0 Å². The average Bonchev–Trinajstić information content (AvgIpc) is 2.52. The molecular formula is C19H28N3OP. The van der Waals surface area contributed by atoms with Gasteiger partial charge in [0.25, 0.3) is 0 Å². The van der Waals surface area contributed by atoms with E-state index in [9.17, 15) is 5.11 Å². The van der Waals surface area contributed by atoms with Crippen LogP contribution in [-0.4, -0.2) is 27.2 Å². The third kappa shape index (κ3) is 5.12. The molecule has 24 heavy (non-hydrogen) atoms. The number of allylic oxidation sites excluding steroid dienone is 2. The standard InChI is InChI=1S/C19H28N3OP/c1-8-22(13(4)5)15(7)18(12(2)3)21-14(6)16-9-10-17(19(23)24)20-11-16/h9-11,19,23H,4,7-8,24H2,1-3,5-6H3. The maximum absolute atomic E-state index is 9.52. The third-order valence-corrected chi connectivity index (χ3v) is 3.98. The van der Waals surface area contributed by atoms with E-state index in [0.717, 1.165) is 40.5 Å². The highest BCUT2D eigenvalue weighted by Crippen LogP contribution is 2.23. The molecule has 5 heteroatoms. The zero-order valence-corrected chi connectivity index (χ0v) is 16.5. The predicted octanol–water partition coefficient (Wildman–Crippen LogP) is 4.42. The molecule has 1 aromatic rings. The molecule has 4 nitrogen and oxygen atoms in total. The maximum atomic E-state index is 9.52. The fourth-order valence-corrected chi connectivity index (χ4v) is 2.51. The molecule has 0 bridgehead atoms. The van der Waals surface area contributed by atoms with Crippen molar-refractivity contribution in [2.75, 3.05) is 6.54 Å². The van der Waals surface area contributed by atoms with Gasteiger partial charge in [-0.15, -0.1) is 9.24 Å². The normalized spacial score (nSPS) is 12.5. The Balaban J connectivity index is 3.19. The molecule has 2 unspecified atom stereocenters. The van der Waals surface area contributed by atoms with Gasteiger partial charge in [0.05, 0.1) is 17.1 Å². The highest BCUT2D eigenvalue weighted by Gasteiger charge is 2.13. The lowest BCUT2D eigenvalue weighted by atomic mass is 10.1. The molecule has 130 valence electrons. The smallest absolute Gasteiger partial charge is 0.109 e. The molecule has 1 N–H and O–H groups in total. The number of rotatable bonds is 7. The van der Waals surface area contributed by atoms with Gasteiger partial charge in [-0.05, 0) is 52.3 Å². The first-order valence-electron chi connectivity index (χ1n) is 7.94. The molecule has 0 saturated heterocycles. The molecule has 0 aliphatic carbocycles. The molecule has 1 aromatic heterocycles. The second-order valence-corrected chi connectivity index (χ2v) is 6.52. The van der Waals surface area contributed by atoms with Crippen LogP contribution in [0.4, 0.5) is 0 Å². The predicted molar refractivity (Wildman–Crippen MR) is 106 cm³/mol. The summed E-state index contributed by atoms with van der Waals surface area (Å²) in [6, 6.07) is 3.71. The second kappa shape index (κ2) is 8.91. The van der Waals surface area contributed by atoms with Gasteiger partial charge in [-0.3, -0.25) is 9.98 Å². The topological polar surface area (TPSA) is 48.7 Å². The van der Waals surface area contributed by atoms with Crippen molar-refractivity contribution in [1.29, 1.82) is 0 Å². The number of pyridine rings is 1. The monoisotopic (exact) mass is 345 g/mol. The molecule has 0 fully saturated rings. The summed E-state index contributed by atoms with van der Waals surface area (Å²) < 4.78 is 0. The van der Waals surface area contributed by atoms with Crippen LogP contribution in [0.15, 0.2) is 59.1 Å². The summed E-state index contributed by atoms with van der Waals surface area (Å²) in [6.07, 6.45) is 1.73. The van der Waals surface area contributed by atoms with Crippen LogP contribution in [-0.2, 0) is 0 Å². The van der Waals surface area contributed by atoms with Crippen LogP contribution in [0, 0.1) is 0 Å². The van der Waals surface area contributed by atoms with E-state index in [0.29, 0.717) is 5.69 Å². The van der Waals surface area contributed by atoms with Crippen LogP contribution >= 0.6 is 9.24 Å². The average molecular weight is 345 g/mol. The Morgan fingerprint density at radius 2 is 1.92 bits per heavy atom. The Kier molecular flexibility index (Phi) is 7.53. The summed E-state index contributed by atoms with van der Waals surface area (Å²) >= 11 is 0. The molecule has 0 aliphatic heterocycles. The molecular weight excluding hydrogens is 317 g/mol. The largest absolute Gasteiger partial charge is 0.383 e. The van der Waals surface area contributed by atoms with Gasteiger partial charge in [0.1, 0.15) is 5.85 Å². The zero-order chi connectivity index (χ0) is 18.4. The summed E-state index contributed by atoms with van der Waals surface area (Å²) in [5, 5.41) is 9.52. The number of likely N-dealkylation sites (N-methyl/N-ethyl adjacent to an activating group) is 1. The first-order chi connectivity index (χ1) is 11.2. The van der Waals surface area contributed by atoms with Crippen molar-refractivity contribution in [3.8, 4) is 0 Å². The van der Waals surface area contributed by atoms with Crippen LogP contribution in [0.1, 0.15) is 51.7 Å². The molecule has 0 saturated carbocycles. The number of nitrogens with zero attached hydrogens (tertiary/aromatic N) is 3. The van der Waals surface area contributed by atoms with Gasteiger partial charge in [0.15, 0.2) is 0 Å². The van der Waals surface area contributed by atoms with Gasteiger partial charge in [-0.1, -0.05) is 13.2 Å². The van der Waals surface area contributed by atoms with E-state index in [-0.39, 0.29) is 0 Å². The first kappa shape index (κ1) is 20.3. The fourth-order valence-electron chi connectivity index (χ4n) is 2.31. The van der Waals surface area contributed by atoms with Gasteiger partial charge < -0.3 is 10.0 Å². The van der Waals surface area contributed by atoms with Crippen molar-refractivity contribution in [2.24, 2.45) is 4.99 Å². The van der Waals surface area contributed by atoms with E-state index >= 15 is 0 Å². The lowest BCUT2D eigenvalue weighted by Gasteiger charge is -2.26. The number of aromatic nitrogens is 1. The minimum absolute atomic E-state index is 0.614. The van der Waals surface area contributed by atoms with E-state index in [1.165, 1.54) is 0 Å². The number of aliphatic hydroxyl groups is 1. The quantitative estimate of drug-likeness (QED) is 0.452. The Morgan fingerprint density at radius 1 is 1.29 bits per heavy atom. The summed E-state index contributed by atoms with van der Waals surface area (Å²) in [5.41, 5.74) is 6.10. The minimum atomic E-state index is -0.655. The van der Waals surface area contributed by atoms with Crippen LogP contribution in [0.25, 0.3) is 0 Å². The van der Waals surface area contributed by atoms with Gasteiger partial charge in [0.2, 0.25) is 0 Å². The summed E-state index contributed by atoms with van der Waals surface area (Å²) in [6.45, 7) is 19.0. The number of aliphatic hydroxyl groups excluding tert-OH is 1. The van der Waals surface area contributed by atoms with E-state index in [1.807, 2.05) is 38.7 Å². The van der Waals surface area contributed by atoms with Crippen LogP contribution in [0.5, 0.6) is 0 Å². The number of hydrogen-bond donors (Lipinski definition) is 1. The Hall–Kier alpha value is -1.77. The van der Waals surface area contributed by atoms with Crippen molar-refractivity contribution in [3.63, 3.8) is 0 Å². The zero-order valence-electron chi connectivity index (χ0n) is 15.3. The lowest BCUT2D eigenvalue weighted by molar-refractivity contribution is 0.264. The molecule has 0 spiro atoms. The highest BCUT2D eigenvalue weighted by molar-refractivity contribution is 7.16. The molecule has 0 aliphatic rings. The van der Waals surface area contributed by atoms with Crippen molar-refractivity contribution in [1.82, 2.24) is 9.88 Å². The van der Waals surface area contributed by atoms with E-state index in [2.05, 4.69) is 34.3 Å². The second-order valence-electron chi connectivity index (χ2n) is 5.89. The number of aliphatic imine (C=N–C) groups is 1. The van der Waals surface area contributed by atoms with Gasteiger partial charge in [0, 0.05) is 29.7 Å². The molecule has 0 aromatic carbocycles. The number of hydrogen-bond acceptors (Lipinski definition) is 4. The van der Waals surface area contributed by atoms with Crippen molar-refractivity contribution < 1.29 is 5.11 Å². The van der Waals surface area contributed by atoms with E-state index in [1.54, 1.807) is 12.3 Å². The van der Waals surface area contributed by atoms with Crippen molar-refractivity contribution in [2.45, 2.75) is 40.5 Å². The van der Waals surface area contributed by atoms with E-state index in [4.69, 9.17) is 4.99 Å². The molecule has 0 amide bonds. The Bertz CT molecular complexity index is 668. The van der Waals surface area contributed by atoms with Gasteiger partial charge in [-0.25, -0.2) is 0 Å². The molecule has 1 rings (SSSR count). The maximum Gasteiger partial charge on any atom is 0.109 e. The first-order valence-corrected chi connectivity index (χ1v) is 8.60. The van der Waals surface area contributed by atoms with Crippen LogP contribution in [0.3, 0.4) is 0 Å². The third-order valence-electron chi connectivity index (χ3n) is 3.64. The van der Waals surface area contributed by atoms with Crippen molar-refractivity contribution in [3.05, 3.63) is 65.4 Å². The molecule has 2 atom stereocenters. The highest BCUT2D eigenvalue weighted by atomic mass is 31.0. The molecule has 1 heterocycles. The van der Waals surface area contributed by atoms with Gasteiger partial charge in [-0.2, -0.15) is 0 Å². The van der Waals surface area contributed by atoms with E-state index < -0.39 is 5.85 Å². The fraction of sp³-hybridized carbons (Fsp3) is 0.368. The lowest BCUT2D eigenvalue weighted by Crippen LogP contribution is -2.21. The van der Waals surface area contributed by atoms with Crippen molar-refractivity contribution >= 4 is 15.0 Å². The summed E-state index contributed by atoms with van der Waals surface area (Å²) in [7, 11) is 2.32. The Labute approximate surface area is 147 Å². The van der Waals surface area contributed by atoms with Crippen LogP contribution < -0.4 is 0 Å². The molecule has 0 radical (unpaired) electrons. The SMILES string of the molecule is C=C(C)N(CC)C(=C)C(N=C(C)c1ccc(C(O)P)nc1)=C(C)C. The summed E-state index contributed by atoms with van der Waals surface area (Å²) in [5.74, 6) is -0.655. The van der Waals surface area contributed by atoms with Gasteiger partial charge >= 0.3 is 0 Å².